The van der Waals surface area contributed by atoms with Crippen molar-refractivity contribution in [3.8, 4) is 0 Å². The third kappa shape index (κ3) is 32.1. The first-order valence-corrected chi connectivity index (χ1v) is 25.1. The molecule has 1 aliphatic heterocycles. The molecule has 13 heteroatoms. The fraction of sp³-hybridized carbons (Fsp3) is 0.851. The van der Waals surface area contributed by atoms with Crippen LogP contribution in [0.2, 0.25) is 0 Å². The molecule has 0 aromatic rings. The van der Waals surface area contributed by atoms with Crippen LogP contribution in [0.5, 0.6) is 0 Å². The van der Waals surface area contributed by atoms with Crippen LogP contribution in [0.3, 0.4) is 0 Å². The summed E-state index contributed by atoms with van der Waals surface area (Å²) in [6, 6.07) is 0. The second-order valence-electron chi connectivity index (χ2n) is 16.3. The minimum Gasteiger partial charge on any atom is -0.457 e. The molecule has 0 aliphatic carbocycles. The molecule has 1 fully saturated rings. The zero-order valence-corrected chi connectivity index (χ0v) is 38.3. The van der Waals surface area contributed by atoms with Gasteiger partial charge in [-0.3, -0.25) is 9.35 Å². The van der Waals surface area contributed by atoms with Gasteiger partial charge in [-0.05, 0) is 64.2 Å². The summed E-state index contributed by atoms with van der Waals surface area (Å²) in [7, 11) is -5.06. The second-order valence-corrected chi connectivity index (χ2v) is 17.4. The highest BCUT2D eigenvalue weighted by atomic mass is 32.3. The van der Waals surface area contributed by atoms with Crippen molar-refractivity contribution in [1.82, 2.24) is 0 Å². The summed E-state index contributed by atoms with van der Waals surface area (Å²) >= 11 is 0. The third-order valence-electron chi connectivity index (χ3n) is 10.7. The second kappa shape index (κ2) is 39.0. The monoisotopic (exact) mass is 875 g/mol. The van der Waals surface area contributed by atoms with Crippen LogP contribution in [0.25, 0.3) is 0 Å². The van der Waals surface area contributed by atoms with Crippen LogP contribution >= 0.6 is 0 Å². The summed E-state index contributed by atoms with van der Waals surface area (Å²) in [6.45, 7) is 3.93. The van der Waals surface area contributed by atoms with E-state index in [0.717, 1.165) is 64.2 Å². The molecule has 0 saturated carbocycles. The van der Waals surface area contributed by atoms with Gasteiger partial charge in [-0.25, -0.2) is 4.18 Å². The van der Waals surface area contributed by atoms with E-state index < -0.39 is 59.8 Å². The van der Waals surface area contributed by atoms with Crippen molar-refractivity contribution in [1.29, 1.82) is 0 Å². The van der Waals surface area contributed by atoms with E-state index in [9.17, 15) is 28.5 Å². The molecule has 0 aromatic heterocycles. The maximum atomic E-state index is 12.8. The summed E-state index contributed by atoms with van der Waals surface area (Å²) in [5.41, 5.74) is 0. The van der Waals surface area contributed by atoms with Gasteiger partial charge in [-0.1, -0.05) is 159 Å². The van der Waals surface area contributed by atoms with Crippen LogP contribution < -0.4 is 0 Å². The molecular weight excluding hydrogens is 789 g/mol. The highest BCUT2D eigenvalue weighted by Gasteiger charge is 2.48. The number of hydrogen-bond donors (Lipinski definition) is 4. The number of allylic oxidation sites excluding steroid dienone is 6. The Hall–Kier alpha value is -1.68. The Kier molecular flexibility index (Phi) is 36.6. The van der Waals surface area contributed by atoms with Gasteiger partial charge in [-0.15, -0.1) is 0 Å². The average Bonchev–Trinajstić information content (AvgIpc) is 3.22. The minimum atomic E-state index is -5.06. The van der Waals surface area contributed by atoms with Gasteiger partial charge in [0.05, 0.1) is 19.8 Å². The van der Waals surface area contributed by atoms with E-state index in [0.29, 0.717) is 13.0 Å². The topological polar surface area (TPSA) is 178 Å². The lowest BCUT2D eigenvalue weighted by Gasteiger charge is -2.41. The number of carbonyl (C=O) groups is 1. The molecule has 1 heterocycles. The molecule has 6 atom stereocenters. The molecule has 1 aliphatic rings. The minimum absolute atomic E-state index is 0.0289. The standard InChI is InChI=1S/C47H86O12S/c1-3-5-7-9-11-13-15-17-19-20-21-22-23-25-27-29-31-33-35-37-55-39-41(40-56-47-45(51)46(59-60(52,53)54)44(50)42(38-48)58-47)57-43(49)36-34-32-30-28-26-24-18-16-14-12-10-8-6-4-2/h10,12,16,18-20,41-42,44-48,50-51H,3-9,11,13-15,17,21-40H2,1-2H3,(H,52,53,54)/b12-10-,18-16-,20-19-. The smallest absolute Gasteiger partial charge is 0.397 e. The molecular formula is C47H86O12S. The zero-order chi connectivity index (χ0) is 43.9. The number of aliphatic hydroxyl groups is 3. The largest absolute Gasteiger partial charge is 0.457 e. The zero-order valence-electron chi connectivity index (χ0n) is 37.5. The SMILES string of the molecule is CCCC/C=C\C/C=C\CCCCCCCC(=O)OC(COCCCCCCCCCC/C=C\CCCCCCCCC)COC1OC(CO)C(O)C(OS(=O)(=O)O)C1O. The summed E-state index contributed by atoms with van der Waals surface area (Å²) < 4.78 is 59.1. The molecule has 0 spiro atoms. The van der Waals surface area contributed by atoms with Crippen LogP contribution in [0.15, 0.2) is 36.5 Å². The van der Waals surface area contributed by atoms with Crippen LogP contribution in [-0.2, 0) is 38.3 Å². The number of ether oxygens (including phenoxy) is 4. The fourth-order valence-corrected chi connectivity index (χ4v) is 7.60. The summed E-state index contributed by atoms with van der Waals surface area (Å²) in [6.07, 6.45) is 36.0. The number of aliphatic hydroxyl groups excluding tert-OH is 3. The van der Waals surface area contributed by atoms with Gasteiger partial charge < -0.3 is 34.3 Å². The maximum absolute atomic E-state index is 12.8. The lowest BCUT2D eigenvalue weighted by molar-refractivity contribution is -0.301. The molecule has 352 valence electrons. The van der Waals surface area contributed by atoms with Crippen molar-refractivity contribution in [3.05, 3.63) is 36.5 Å². The van der Waals surface area contributed by atoms with E-state index in [1.54, 1.807) is 0 Å². The van der Waals surface area contributed by atoms with Gasteiger partial charge >= 0.3 is 16.4 Å². The van der Waals surface area contributed by atoms with E-state index in [1.165, 1.54) is 103 Å². The summed E-state index contributed by atoms with van der Waals surface area (Å²) in [4.78, 5) is 12.8. The Morgan fingerprint density at radius 1 is 0.633 bits per heavy atom. The summed E-state index contributed by atoms with van der Waals surface area (Å²) in [5, 5.41) is 30.7. The van der Waals surface area contributed by atoms with E-state index in [2.05, 4.69) is 54.5 Å². The van der Waals surface area contributed by atoms with E-state index in [-0.39, 0.29) is 19.6 Å². The third-order valence-corrected chi connectivity index (χ3v) is 11.2. The van der Waals surface area contributed by atoms with Gasteiger partial charge in [0.15, 0.2) is 6.29 Å². The average molecular weight is 875 g/mol. The Morgan fingerprint density at radius 3 is 1.65 bits per heavy atom. The highest BCUT2D eigenvalue weighted by molar-refractivity contribution is 7.80. The normalized spacial score (nSPS) is 20.5. The molecule has 0 bridgehead atoms. The highest BCUT2D eigenvalue weighted by Crippen LogP contribution is 2.26. The summed E-state index contributed by atoms with van der Waals surface area (Å²) in [5.74, 6) is -0.414. The van der Waals surface area contributed by atoms with Crippen LogP contribution in [0.1, 0.15) is 194 Å². The van der Waals surface area contributed by atoms with Crippen molar-refractivity contribution in [2.45, 2.75) is 230 Å². The van der Waals surface area contributed by atoms with Crippen molar-refractivity contribution >= 4 is 16.4 Å². The molecule has 4 N–H and O–H groups in total. The Labute approximate surface area is 364 Å². The van der Waals surface area contributed by atoms with Gasteiger partial charge in [0.2, 0.25) is 0 Å². The van der Waals surface area contributed by atoms with Crippen LogP contribution in [0, 0.1) is 0 Å². The molecule has 60 heavy (non-hydrogen) atoms. The first-order chi connectivity index (χ1) is 29.1. The predicted octanol–water partition coefficient (Wildman–Crippen LogP) is 10.2. The van der Waals surface area contributed by atoms with Gasteiger partial charge in [0, 0.05) is 13.0 Å². The number of carbonyl (C=O) groups excluding carboxylic acids is 1. The molecule has 0 aromatic carbocycles. The molecule has 6 unspecified atom stereocenters. The van der Waals surface area contributed by atoms with Crippen LogP contribution in [0.4, 0.5) is 0 Å². The van der Waals surface area contributed by atoms with Crippen molar-refractivity contribution in [2.24, 2.45) is 0 Å². The molecule has 0 radical (unpaired) electrons. The van der Waals surface area contributed by atoms with Crippen molar-refractivity contribution in [3.63, 3.8) is 0 Å². The Morgan fingerprint density at radius 2 is 1.12 bits per heavy atom. The van der Waals surface area contributed by atoms with Gasteiger partial charge in [-0.2, -0.15) is 8.42 Å². The number of esters is 1. The van der Waals surface area contributed by atoms with Crippen LogP contribution in [-0.4, -0.2) is 97.5 Å². The first kappa shape index (κ1) is 56.3. The van der Waals surface area contributed by atoms with Crippen molar-refractivity contribution < 1.29 is 56.2 Å². The fourth-order valence-electron chi connectivity index (χ4n) is 7.10. The Bertz CT molecular complexity index is 1190. The van der Waals surface area contributed by atoms with Gasteiger partial charge in [0.1, 0.15) is 30.5 Å². The van der Waals surface area contributed by atoms with Crippen molar-refractivity contribution in [2.75, 3.05) is 26.4 Å². The number of rotatable bonds is 41. The lowest BCUT2D eigenvalue weighted by atomic mass is 9.99. The molecule has 1 saturated heterocycles. The number of hydrogen-bond acceptors (Lipinski definition) is 11. The Balaban J connectivity index is 2.40. The quantitative estimate of drug-likeness (QED) is 0.0198. The molecule has 1 rings (SSSR count). The predicted molar refractivity (Wildman–Crippen MR) is 239 cm³/mol. The van der Waals surface area contributed by atoms with E-state index >= 15 is 0 Å². The number of unbranched alkanes of at least 4 members (excludes halogenated alkanes) is 22. The maximum Gasteiger partial charge on any atom is 0.397 e. The lowest BCUT2D eigenvalue weighted by Crippen LogP contribution is -2.60. The van der Waals surface area contributed by atoms with E-state index in [4.69, 9.17) is 23.5 Å². The van der Waals surface area contributed by atoms with E-state index in [1.807, 2.05) is 0 Å². The first-order valence-electron chi connectivity index (χ1n) is 23.7. The molecule has 0 amide bonds. The van der Waals surface area contributed by atoms with Gasteiger partial charge in [0.25, 0.3) is 0 Å². The molecule has 12 nitrogen and oxygen atoms in total.